The number of carbonyl (C=O) groups excluding carboxylic acids is 1. The second-order valence-electron chi connectivity index (χ2n) is 5.51. The standard InChI is InChI=1S/C17H23N3OS/c1-12-16(13(2)19-18-12)8-9-17(21)20(3)11-14-6-5-7-15(10-14)22-4/h5-7,10H,8-9,11H2,1-4H3,(H,18,19). The van der Waals surface area contributed by atoms with Gasteiger partial charge in [-0.05, 0) is 49.8 Å². The number of rotatable bonds is 6. The highest BCUT2D eigenvalue weighted by atomic mass is 32.2. The van der Waals surface area contributed by atoms with Crippen LogP contribution in [0.5, 0.6) is 0 Å². The number of aryl methyl sites for hydroxylation is 2. The lowest BCUT2D eigenvalue weighted by Crippen LogP contribution is -2.26. The van der Waals surface area contributed by atoms with Crippen LogP contribution in [-0.2, 0) is 17.8 Å². The fourth-order valence-electron chi connectivity index (χ4n) is 2.50. The van der Waals surface area contributed by atoms with E-state index in [-0.39, 0.29) is 5.91 Å². The molecule has 0 saturated carbocycles. The smallest absolute Gasteiger partial charge is 0.222 e. The van der Waals surface area contributed by atoms with Crippen LogP contribution in [0.25, 0.3) is 0 Å². The number of hydrogen-bond donors (Lipinski definition) is 1. The minimum atomic E-state index is 0.162. The molecule has 1 aromatic heterocycles. The van der Waals surface area contributed by atoms with Crippen LogP contribution >= 0.6 is 11.8 Å². The molecular formula is C17H23N3OS. The molecule has 5 heteroatoms. The summed E-state index contributed by atoms with van der Waals surface area (Å²) in [4.78, 5) is 15.3. The van der Waals surface area contributed by atoms with Gasteiger partial charge in [0.05, 0.1) is 5.69 Å². The Labute approximate surface area is 136 Å². The number of aromatic amines is 1. The zero-order chi connectivity index (χ0) is 16.1. The van der Waals surface area contributed by atoms with Crippen LogP contribution in [-0.4, -0.2) is 34.3 Å². The summed E-state index contributed by atoms with van der Waals surface area (Å²) in [5.41, 5.74) is 4.37. The fourth-order valence-corrected chi connectivity index (χ4v) is 2.98. The summed E-state index contributed by atoms with van der Waals surface area (Å²) in [5.74, 6) is 0.162. The molecule has 22 heavy (non-hydrogen) atoms. The minimum absolute atomic E-state index is 0.162. The molecule has 1 amide bonds. The van der Waals surface area contributed by atoms with E-state index < -0.39 is 0 Å². The zero-order valence-electron chi connectivity index (χ0n) is 13.6. The van der Waals surface area contributed by atoms with Crippen molar-refractivity contribution >= 4 is 17.7 Å². The maximum atomic E-state index is 12.3. The number of benzene rings is 1. The Morgan fingerprint density at radius 3 is 2.77 bits per heavy atom. The third-order valence-electron chi connectivity index (χ3n) is 3.85. The lowest BCUT2D eigenvalue weighted by Gasteiger charge is -2.17. The third-order valence-corrected chi connectivity index (χ3v) is 4.57. The van der Waals surface area contributed by atoms with Crippen molar-refractivity contribution in [3.8, 4) is 0 Å². The molecule has 1 N–H and O–H groups in total. The van der Waals surface area contributed by atoms with Crippen molar-refractivity contribution in [2.45, 2.75) is 38.1 Å². The number of nitrogens with one attached hydrogen (secondary N) is 1. The highest BCUT2D eigenvalue weighted by Gasteiger charge is 2.13. The van der Waals surface area contributed by atoms with Crippen molar-refractivity contribution in [3.05, 3.63) is 46.8 Å². The molecule has 0 bridgehead atoms. The number of H-pyrrole nitrogens is 1. The van der Waals surface area contributed by atoms with Crippen LogP contribution in [0.2, 0.25) is 0 Å². The third kappa shape index (κ3) is 4.13. The van der Waals surface area contributed by atoms with Gasteiger partial charge in [-0.2, -0.15) is 5.10 Å². The molecule has 0 aliphatic carbocycles. The number of carbonyl (C=O) groups is 1. The molecule has 0 radical (unpaired) electrons. The summed E-state index contributed by atoms with van der Waals surface area (Å²) in [6, 6.07) is 8.32. The van der Waals surface area contributed by atoms with E-state index in [0.717, 1.165) is 23.4 Å². The topological polar surface area (TPSA) is 49.0 Å². The van der Waals surface area contributed by atoms with E-state index in [2.05, 4.69) is 34.7 Å². The molecule has 0 aliphatic rings. The van der Waals surface area contributed by atoms with Crippen LogP contribution in [0, 0.1) is 13.8 Å². The van der Waals surface area contributed by atoms with Gasteiger partial charge in [-0.25, -0.2) is 0 Å². The first-order valence-electron chi connectivity index (χ1n) is 7.38. The number of nitrogens with zero attached hydrogens (tertiary/aromatic N) is 2. The molecule has 0 spiro atoms. The Balaban J connectivity index is 1.92. The molecule has 0 unspecified atom stereocenters. The van der Waals surface area contributed by atoms with Gasteiger partial charge in [-0.3, -0.25) is 9.89 Å². The number of hydrogen-bond acceptors (Lipinski definition) is 3. The van der Waals surface area contributed by atoms with Gasteiger partial charge in [0.15, 0.2) is 0 Å². The van der Waals surface area contributed by atoms with Gasteiger partial charge in [0.25, 0.3) is 0 Å². The van der Waals surface area contributed by atoms with Crippen LogP contribution in [0.1, 0.15) is 28.9 Å². The predicted octanol–water partition coefficient (Wildman–Crippen LogP) is 3.34. The van der Waals surface area contributed by atoms with Gasteiger partial charge in [0.2, 0.25) is 5.91 Å². The van der Waals surface area contributed by atoms with E-state index in [9.17, 15) is 4.79 Å². The van der Waals surface area contributed by atoms with E-state index in [1.807, 2.05) is 27.0 Å². The van der Waals surface area contributed by atoms with Crippen molar-refractivity contribution in [3.63, 3.8) is 0 Å². The number of aromatic nitrogens is 2. The molecule has 0 aliphatic heterocycles. The SMILES string of the molecule is CSc1cccc(CN(C)C(=O)CCc2c(C)n[nH]c2C)c1. The number of amides is 1. The summed E-state index contributed by atoms with van der Waals surface area (Å²) in [5, 5.41) is 7.14. The molecule has 118 valence electrons. The van der Waals surface area contributed by atoms with E-state index in [1.54, 1.807) is 16.7 Å². The Bertz CT molecular complexity index is 632. The van der Waals surface area contributed by atoms with Gasteiger partial charge in [-0.15, -0.1) is 11.8 Å². The van der Waals surface area contributed by atoms with Gasteiger partial charge >= 0.3 is 0 Å². The highest BCUT2D eigenvalue weighted by molar-refractivity contribution is 7.98. The second-order valence-corrected chi connectivity index (χ2v) is 6.39. The van der Waals surface area contributed by atoms with Gasteiger partial charge < -0.3 is 4.90 Å². The van der Waals surface area contributed by atoms with E-state index in [1.165, 1.54) is 10.5 Å². The van der Waals surface area contributed by atoms with Crippen molar-refractivity contribution in [2.75, 3.05) is 13.3 Å². The van der Waals surface area contributed by atoms with Gasteiger partial charge in [0, 0.05) is 30.6 Å². The summed E-state index contributed by atoms with van der Waals surface area (Å²) in [6.07, 6.45) is 3.31. The van der Waals surface area contributed by atoms with Crippen LogP contribution in [0.3, 0.4) is 0 Å². The zero-order valence-corrected chi connectivity index (χ0v) is 14.5. The van der Waals surface area contributed by atoms with Crippen LogP contribution in [0.15, 0.2) is 29.2 Å². The summed E-state index contributed by atoms with van der Waals surface area (Å²) >= 11 is 1.72. The average molecular weight is 317 g/mol. The first-order valence-corrected chi connectivity index (χ1v) is 8.61. The molecule has 2 rings (SSSR count). The largest absolute Gasteiger partial charge is 0.341 e. The molecule has 4 nitrogen and oxygen atoms in total. The quantitative estimate of drug-likeness (QED) is 0.831. The first-order chi connectivity index (χ1) is 10.5. The maximum absolute atomic E-state index is 12.3. The van der Waals surface area contributed by atoms with Crippen LogP contribution < -0.4 is 0 Å². The van der Waals surface area contributed by atoms with Crippen molar-refractivity contribution in [1.29, 1.82) is 0 Å². The molecule has 2 aromatic rings. The Hall–Kier alpha value is -1.75. The number of thioether (sulfide) groups is 1. The maximum Gasteiger partial charge on any atom is 0.222 e. The average Bonchev–Trinajstić information content (AvgIpc) is 2.83. The predicted molar refractivity (Wildman–Crippen MR) is 91.1 cm³/mol. The highest BCUT2D eigenvalue weighted by Crippen LogP contribution is 2.17. The minimum Gasteiger partial charge on any atom is -0.341 e. The Morgan fingerprint density at radius 1 is 1.36 bits per heavy atom. The van der Waals surface area contributed by atoms with Gasteiger partial charge in [0.1, 0.15) is 0 Å². The lowest BCUT2D eigenvalue weighted by molar-refractivity contribution is -0.130. The van der Waals surface area contributed by atoms with Crippen molar-refractivity contribution in [1.82, 2.24) is 15.1 Å². The first kappa shape index (κ1) is 16.6. The van der Waals surface area contributed by atoms with E-state index in [0.29, 0.717) is 13.0 Å². The van der Waals surface area contributed by atoms with Crippen molar-refractivity contribution < 1.29 is 4.79 Å². The summed E-state index contributed by atoms with van der Waals surface area (Å²) < 4.78 is 0. The summed E-state index contributed by atoms with van der Waals surface area (Å²) in [7, 11) is 1.86. The molecule has 0 fully saturated rings. The van der Waals surface area contributed by atoms with Crippen molar-refractivity contribution in [2.24, 2.45) is 0 Å². The molecule has 0 atom stereocenters. The second kappa shape index (κ2) is 7.49. The van der Waals surface area contributed by atoms with Crippen LogP contribution in [0.4, 0.5) is 0 Å². The molecule has 1 heterocycles. The lowest BCUT2D eigenvalue weighted by atomic mass is 10.1. The normalized spacial score (nSPS) is 10.7. The van der Waals surface area contributed by atoms with E-state index in [4.69, 9.17) is 0 Å². The Kier molecular flexibility index (Phi) is 5.66. The Morgan fingerprint density at radius 2 is 2.14 bits per heavy atom. The molecular weight excluding hydrogens is 294 g/mol. The molecule has 1 aromatic carbocycles. The monoisotopic (exact) mass is 317 g/mol. The van der Waals surface area contributed by atoms with Gasteiger partial charge in [-0.1, -0.05) is 12.1 Å². The summed E-state index contributed by atoms with van der Waals surface area (Å²) in [6.45, 7) is 4.62. The van der Waals surface area contributed by atoms with E-state index >= 15 is 0 Å². The molecule has 0 saturated heterocycles. The fraction of sp³-hybridized carbons (Fsp3) is 0.412.